The van der Waals surface area contributed by atoms with Crippen molar-refractivity contribution in [3.05, 3.63) is 58.4 Å². The third-order valence-electron chi connectivity index (χ3n) is 3.12. The highest BCUT2D eigenvalue weighted by Gasteiger charge is 2.15. The van der Waals surface area contributed by atoms with Crippen LogP contribution in [0.3, 0.4) is 0 Å². The topological polar surface area (TPSA) is 117 Å². The number of halogens is 1. The number of aromatic nitrogens is 4. The molecule has 0 N–H and O–H groups in total. The number of carbonyl (C=O) groups excluding carboxylic acids is 1. The van der Waals surface area contributed by atoms with E-state index in [0.717, 1.165) is 16.4 Å². The number of nitrogens with zero attached hydrogens (tertiary/aromatic N) is 4. The molecule has 1 aromatic carbocycles. The van der Waals surface area contributed by atoms with Crippen LogP contribution in [0, 0.1) is 0 Å². The van der Waals surface area contributed by atoms with Gasteiger partial charge < -0.3 is 9.26 Å². The van der Waals surface area contributed by atoms with Gasteiger partial charge in [0.1, 0.15) is 5.75 Å². The van der Waals surface area contributed by atoms with Crippen LogP contribution in [0.1, 0.15) is 22.1 Å². The average Bonchev–Trinajstić information content (AvgIpc) is 3.20. The van der Waals surface area contributed by atoms with Gasteiger partial charge in [-0.25, -0.2) is 17.9 Å². The molecule has 26 heavy (non-hydrogen) atoms. The summed E-state index contributed by atoms with van der Waals surface area (Å²) in [5.41, 5.74) is 1.03. The zero-order valence-corrected chi connectivity index (χ0v) is 15.9. The first kappa shape index (κ1) is 18.3. The summed E-state index contributed by atoms with van der Waals surface area (Å²) >= 11 is 3.37. The molecule has 0 aliphatic rings. The Morgan fingerprint density at radius 1 is 1.38 bits per heavy atom. The number of rotatable bonds is 6. The van der Waals surface area contributed by atoms with E-state index < -0.39 is 15.8 Å². The van der Waals surface area contributed by atoms with Gasteiger partial charge in [0.25, 0.3) is 5.89 Å². The van der Waals surface area contributed by atoms with Crippen LogP contribution in [-0.2, 0) is 26.9 Å². The van der Waals surface area contributed by atoms with E-state index >= 15 is 0 Å². The third-order valence-corrected chi connectivity index (χ3v) is 4.40. The highest BCUT2D eigenvalue weighted by Crippen LogP contribution is 2.15. The van der Waals surface area contributed by atoms with Crippen LogP contribution in [0.2, 0.25) is 0 Å². The summed E-state index contributed by atoms with van der Waals surface area (Å²) in [6.07, 6.45) is 3.98. The van der Waals surface area contributed by atoms with Crippen LogP contribution in [-0.4, -0.2) is 40.6 Å². The van der Waals surface area contributed by atoms with E-state index in [9.17, 15) is 13.2 Å². The lowest BCUT2D eigenvalue weighted by molar-refractivity contribution is 0.0430. The van der Waals surface area contributed by atoms with Crippen molar-refractivity contribution in [2.24, 2.45) is 0 Å². The molecule has 0 aliphatic heterocycles. The molecule has 2 aromatic heterocycles. The number of carbonyl (C=O) groups is 1. The van der Waals surface area contributed by atoms with Crippen molar-refractivity contribution in [3.63, 3.8) is 0 Å². The van der Waals surface area contributed by atoms with E-state index in [1.54, 1.807) is 0 Å². The molecule has 0 unspecified atom stereocenters. The minimum absolute atomic E-state index is 0.0105. The van der Waals surface area contributed by atoms with Crippen LogP contribution >= 0.6 is 15.9 Å². The Labute approximate surface area is 157 Å². The van der Waals surface area contributed by atoms with Gasteiger partial charge in [-0.05, 0) is 18.2 Å². The molecule has 0 amide bonds. The van der Waals surface area contributed by atoms with Crippen molar-refractivity contribution in [2.75, 3.05) is 6.26 Å². The molecule has 0 saturated heterocycles. The Morgan fingerprint density at radius 3 is 2.92 bits per heavy atom. The van der Waals surface area contributed by atoms with Crippen LogP contribution < -0.4 is 0 Å². The summed E-state index contributed by atoms with van der Waals surface area (Å²) in [6.45, 7) is -0.266. The lowest BCUT2D eigenvalue weighted by Gasteiger charge is -2.01. The molecule has 0 spiro atoms. The highest BCUT2D eigenvalue weighted by atomic mass is 79.9. The fraction of sp³-hybridized carbons (Fsp3) is 0.200. The lowest BCUT2D eigenvalue weighted by Crippen LogP contribution is -2.05. The van der Waals surface area contributed by atoms with E-state index in [2.05, 4.69) is 31.2 Å². The van der Waals surface area contributed by atoms with Crippen LogP contribution in [0.4, 0.5) is 0 Å². The molecule has 11 heteroatoms. The maximum Gasteiger partial charge on any atom is 0.341 e. The van der Waals surface area contributed by atoms with E-state index in [1.807, 2.05) is 24.3 Å². The van der Waals surface area contributed by atoms with Crippen molar-refractivity contribution < 1.29 is 22.5 Å². The van der Waals surface area contributed by atoms with Crippen molar-refractivity contribution >= 4 is 31.7 Å². The second-order valence-electron chi connectivity index (χ2n) is 5.40. The molecule has 136 valence electrons. The average molecular weight is 441 g/mol. The molecule has 0 saturated carbocycles. The quantitative estimate of drug-likeness (QED) is 0.533. The largest absolute Gasteiger partial charge is 0.452 e. The fourth-order valence-electron chi connectivity index (χ4n) is 2.04. The van der Waals surface area contributed by atoms with Gasteiger partial charge in [-0.15, -0.1) is 0 Å². The first-order valence-electron chi connectivity index (χ1n) is 7.27. The standard InChI is InChI=1S/C15H13BrN4O5S/c1-26(22,23)9-13-18-14(25-19-13)8-24-15(21)10-6-17-20(7-10)12-4-2-3-11(16)5-12/h2-7H,8-9H2,1H3. The Hall–Kier alpha value is -2.53. The van der Waals surface area contributed by atoms with Gasteiger partial charge in [0.2, 0.25) is 0 Å². The van der Waals surface area contributed by atoms with Gasteiger partial charge in [-0.3, -0.25) is 0 Å². The number of hydrogen-bond acceptors (Lipinski definition) is 8. The number of benzene rings is 1. The van der Waals surface area contributed by atoms with Crippen LogP contribution in [0.25, 0.3) is 5.69 Å². The molecule has 0 radical (unpaired) electrons. The Morgan fingerprint density at radius 2 is 2.19 bits per heavy atom. The maximum atomic E-state index is 12.1. The Balaban J connectivity index is 1.62. The first-order valence-corrected chi connectivity index (χ1v) is 10.1. The van der Waals surface area contributed by atoms with Crippen molar-refractivity contribution in [2.45, 2.75) is 12.4 Å². The molecule has 3 rings (SSSR count). The summed E-state index contributed by atoms with van der Waals surface area (Å²) in [5.74, 6) is -0.935. The molecule has 9 nitrogen and oxygen atoms in total. The number of ether oxygens (including phenoxy) is 1. The van der Waals surface area contributed by atoms with Gasteiger partial charge >= 0.3 is 5.97 Å². The number of sulfone groups is 1. The maximum absolute atomic E-state index is 12.1. The summed E-state index contributed by atoms with van der Waals surface area (Å²) < 4.78 is 34.7. The molecular formula is C15H13BrN4O5S. The van der Waals surface area contributed by atoms with E-state index in [0.29, 0.717) is 0 Å². The summed E-state index contributed by atoms with van der Waals surface area (Å²) in [4.78, 5) is 16.0. The second kappa shape index (κ2) is 7.38. The van der Waals surface area contributed by atoms with Crippen LogP contribution in [0.5, 0.6) is 0 Å². The lowest BCUT2D eigenvalue weighted by atomic mass is 10.3. The summed E-state index contributed by atoms with van der Waals surface area (Å²) in [5, 5.41) is 7.65. The second-order valence-corrected chi connectivity index (χ2v) is 8.46. The SMILES string of the molecule is CS(=O)(=O)Cc1noc(COC(=O)c2cnn(-c3cccc(Br)c3)c2)n1. The molecule has 2 heterocycles. The Kier molecular flexibility index (Phi) is 5.18. The van der Waals surface area contributed by atoms with Crippen molar-refractivity contribution in [1.82, 2.24) is 19.9 Å². The Bertz CT molecular complexity index is 1040. The van der Waals surface area contributed by atoms with Gasteiger partial charge in [0.05, 0.1) is 17.4 Å². The molecule has 0 bridgehead atoms. The van der Waals surface area contributed by atoms with Crippen LogP contribution in [0.15, 0.2) is 45.7 Å². The normalized spacial score (nSPS) is 11.5. The zero-order chi connectivity index (χ0) is 18.7. The van der Waals surface area contributed by atoms with Gasteiger partial charge in [-0.1, -0.05) is 27.2 Å². The number of hydrogen-bond donors (Lipinski definition) is 0. The number of esters is 1. The van der Waals surface area contributed by atoms with Gasteiger partial charge in [0, 0.05) is 16.9 Å². The van der Waals surface area contributed by atoms with Crippen molar-refractivity contribution in [1.29, 1.82) is 0 Å². The molecule has 0 atom stereocenters. The third kappa shape index (κ3) is 4.76. The van der Waals surface area contributed by atoms with Crippen molar-refractivity contribution in [3.8, 4) is 5.69 Å². The molecule has 0 aliphatic carbocycles. The van der Waals surface area contributed by atoms with Gasteiger partial charge in [0.15, 0.2) is 22.3 Å². The molecule has 0 fully saturated rings. The minimum Gasteiger partial charge on any atom is -0.452 e. The van der Waals surface area contributed by atoms with E-state index in [4.69, 9.17) is 9.26 Å². The minimum atomic E-state index is -3.27. The predicted octanol–water partition coefficient (Wildman–Crippen LogP) is 1.92. The molecule has 3 aromatic rings. The predicted molar refractivity (Wildman–Crippen MR) is 93.2 cm³/mol. The molecular weight excluding hydrogens is 428 g/mol. The summed E-state index contributed by atoms with van der Waals surface area (Å²) in [6, 6.07) is 7.42. The summed E-state index contributed by atoms with van der Waals surface area (Å²) in [7, 11) is -3.27. The zero-order valence-electron chi connectivity index (χ0n) is 13.5. The van der Waals surface area contributed by atoms with Gasteiger partial charge in [-0.2, -0.15) is 10.1 Å². The van der Waals surface area contributed by atoms with E-state index in [1.165, 1.54) is 17.1 Å². The fourth-order valence-corrected chi connectivity index (χ4v) is 3.01. The smallest absolute Gasteiger partial charge is 0.341 e. The van der Waals surface area contributed by atoms with E-state index in [-0.39, 0.29) is 29.6 Å². The monoisotopic (exact) mass is 440 g/mol. The highest BCUT2D eigenvalue weighted by molar-refractivity contribution is 9.10. The first-order chi connectivity index (χ1) is 12.3.